The van der Waals surface area contributed by atoms with Gasteiger partial charge in [-0.15, -0.1) is 0 Å². The van der Waals surface area contributed by atoms with E-state index in [-0.39, 0.29) is 0 Å². The molecule has 9 nitrogen and oxygen atoms in total. The highest BCUT2D eigenvalue weighted by atomic mass is 16.5. The lowest BCUT2D eigenvalue weighted by Crippen LogP contribution is -2.38. The Kier molecular flexibility index (Phi) is 5.80. The molecule has 9 heteroatoms. The number of nitrogens with zero attached hydrogens (tertiary/aromatic N) is 5. The van der Waals surface area contributed by atoms with Gasteiger partial charge in [0.25, 0.3) is 0 Å². The van der Waals surface area contributed by atoms with Crippen LogP contribution in [0.2, 0.25) is 0 Å². The zero-order valence-corrected chi connectivity index (χ0v) is 17.1. The first kappa shape index (κ1) is 20.1. The first-order chi connectivity index (χ1) is 14.5. The van der Waals surface area contributed by atoms with Crippen molar-refractivity contribution in [2.24, 2.45) is 11.7 Å². The van der Waals surface area contributed by atoms with Crippen molar-refractivity contribution in [3.05, 3.63) is 42.1 Å². The van der Waals surface area contributed by atoms with Crippen LogP contribution in [0.25, 0.3) is 11.0 Å². The van der Waals surface area contributed by atoms with Gasteiger partial charge in [0.1, 0.15) is 11.3 Å². The number of amides is 2. The van der Waals surface area contributed by atoms with Crippen LogP contribution in [0.5, 0.6) is 0 Å². The number of aryl methyl sites for hydroxylation is 1. The highest BCUT2D eigenvalue weighted by Gasteiger charge is 2.25. The van der Waals surface area contributed by atoms with E-state index in [4.69, 9.17) is 21.2 Å². The molecule has 0 bridgehead atoms. The van der Waals surface area contributed by atoms with E-state index in [0.717, 1.165) is 29.0 Å². The van der Waals surface area contributed by atoms with Gasteiger partial charge in [-0.3, -0.25) is 9.88 Å². The number of fused-ring (bicyclic) bond motifs is 1. The number of nitrogens with two attached hydrogens (primary N) is 2. The van der Waals surface area contributed by atoms with E-state index in [9.17, 15) is 4.79 Å². The van der Waals surface area contributed by atoms with Crippen LogP contribution in [0, 0.1) is 12.8 Å². The molecule has 0 atom stereocenters. The topological polar surface area (TPSA) is 125 Å². The molecule has 2 amide bonds. The summed E-state index contributed by atoms with van der Waals surface area (Å²) in [6, 6.07) is 5.05. The third-order valence-electron chi connectivity index (χ3n) is 5.28. The minimum absolute atomic E-state index is 0.358. The van der Waals surface area contributed by atoms with Crippen LogP contribution in [-0.2, 0) is 17.7 Å². The van der Waals surface area contributed by atoms with Gasteiger partial charge >= 0.3 is 6.03 Å². The number of carbonyl (C=O) groups is 1. The minimum atomic E-state index is -0.530. The Bertz CT molecular complexity index is 1030. The Morgan fingerprint density at radius 2 is 2.17 bits per heavy atom. The van der Waals surface area contributed by atoms with Crippen molar-refractivity contribution in [3.63, 3.8) is 0 Å². The average molecular weight is 409 g/mol. The van der Waals surface area contributed by atoms with Gasteiger partial charge < -0.3 is 20.8 Å². The molecule has 3 aromatic heterocycles. The zero-order valence-electron chi connectivity index (χ0n) is 17.1. The predicted molar refractivity (Wildman–Crippen MR) is 115 cm³/mol. The monoisotopic (exact) mass is 409 g/mol. The Morgan fingerprint density at radius 1 is 1.33 bits per heavy atom. The number of hydrogen-bond donors (Lipinski definition) is 2. The first-order valence-electron chi connectivity index (χ1n) is 10.2. The standard InChI is InChI=1S/C21H27N7O2/c1-14-11-17-19(20(22)25-14)26-18(12-15-4-5-15)28(17)8-10-30-9-7-27(21(23)29)16-3-2-6-24-13-16/h2-3,6,11,13,15H,4-5,7-10,12H2,1H3,(H2,22,25)(H2,23,29). The van der Waals surface area contributed by atoms with E-state index in [2.05, 4.69) is 14.5 Å². The Morgan fingerprint density at radius 3 is 2.87 bits per heavy atom. The van der Waals surface area contributed by atoms with Crippen LogP contribution >= 0.6 is 0 Å². The Labute approximate surface area is 175 Å². The molecule has 0 radical (unpaired) electrons. The van der Waals surface area contributed by atoms with E-state index in [0.29, 0.717) is 43.7 Å². The molecular weight excluding hydrogens is 382 g/mol. The fraction of sp³-hybridized carbons (Fsp3) is 0.429. The predicted octanol–water partition coefficient (Wildman–Crippen LogP) is 2.27. The lowest BCUT2D eigenvalue weighted by atomic mass is 10.3. The first-order valence-corrected chi connectivity index (χ1v) is 10.2. The molecule has 0 aromatic carbocycles. The molecular formula is C21H27N7O2. The fourth-order valence-corrected chi connectivity index (χ4v) is 3.60. The zero-order chi connectivity index (χ0) is 21.1. The second-order valence-corrected chi connectivity index (χ2v) is 7.66. The van der Waals surface area contributed by atoms with Gasteiger partial charge in [-0.25, -0.2) is 14.8 Å². The average Bonchev–Trinajstić information content (AvgIpc) is 3.47. The number of aromatic nitrogens is 4. The second-order valence-electron chi connectivity index (χ2n) is 7.66. The molecule has 0 unspecified atom stereocenters. The fourth-order valence-electron chi connectivity index (χ4n) is 3.60. The molecule has 1 saturated carbocycles. The smallest absolute Gasteiger partial charge is 0.319 e. The van der Waals surface area contributed by atoms with Crippen molar-refractivity contribution in [1.29, 1.82) is 0 Å². The summed E-state index contributed by atoms with van der Waals surface area (Å²) >= 11 is 0. The molecule has 1 aliphatic rings. The Balaban J connectivity index is 1.40. The number of hydrogen-bond acceptors (Lipinski definition) is 6. The van der Waals surface area contributed by atoms with Gasteiger partial charge in [0, 0.05) is 24.9 Å². The third kappa shape index (κ3) is 4.51. The third-order valence-corrected chi connectivity index (χ3v) is 5.28. The van der Waals surface area contributed by atoms with E-state index < -0.39 is 6.03 Å². The molecule has 1 fully saturated rings. The maximum absolute atomic E-state index is 11.7. The maximum Gasteiger partial charge on any atom is 0.319 e. The van der Waals surface area contributed by atoms with E-state index in [1.807, 2.05) is 13.0 Å². The van der Waals surface area contributed by atoms with Crippen LogP contribution < -0.4 is 16.4 Å². The van der Waals surface area contributed by atoms with Gasteiger partial charge in [0.15, 0.2) is 5.82 Å². The number of anilines is 2. The van der Waals surface area contributed by atoms with Crippen molar-refractivity contribution in [2.45, 2.75) is 32.7 Å². The molecule has 3 heterocycles. The van der Waals surface area contributed by atoms with Gasteiger partial charge in [0.2, 0.25) is 0 Å². The summed E-state index contributed by atoms with van der Waals surface area (Å²) in [5.41, 5.74) is 14.9. The molecule has 4 N–H and O–H groups in total. The molecule has 158 valence electrons. The number of pyridine rings is 2. The van der Waals surface area contributed by atoms with Gasteiger partial charge in [-0.1, -0.05) is 0 Å². The van der Waals surface area contributed by atoms with Crippen molar-refractivity contribution < 1.29 is 9.53 Å². The minimum Gasteiger partial charge on any atom is -0.382 e. The van der Waals surface area contributed by atoms with E-state index in [1.165, 1.54) is 17.7 Å². The van der Waals surface area contributed by atoms with Crippen LogP contribution in [0.4, 0.5) is 16.3 Å². The van der Waals surface area contributed by atoms with Crippen molar-refractivity contribution >= 4 is 28.6 Å². The molecule has 0 aliphatic heterocycles. The number of nitrogen functional groups attached to an aromatic ring is 1. The van der Waals surface area contributed by atoms with E-state index in [1.54, 1.807) is 24.5 Å². The number of urea groups is 1. The number of carbonyl (C=O) groups excluding carboxylic acids is 1. The quantitative estimate of drug-likeness (QED) is 0.522. The summed E-state index contributed by atoms with van der Waals surface area (Å²) in [7, 11) is 0. The highest BCUT2D eigenvalue weighted by Crippen LogP contribution is 2.33. The maximum atomic E-state index is 11.7. The van der Waals surface area contributed by atoms with Crippen LogP contribution in [0.3, 0.4) is 0 Å². The summed E-state index contributed by atoms with van der Waals surface area (Å²) in [5.74, 6) is 2.21. The summed E-state index contributed by atoms with van der Waals surface area (Å²) in [4.78, 5) is 26.3. The van der Waals surface area contributed by atoms with Gasteiger partial charge in [-0.05, 0) is 43.9 Å². The molecule has 1 aliphatic carbocycles. The number of rotatable bonds is 9. The molecule has 4 rings (SSSR count). The lowest BCUT2D eigenvalue weighted by molar-refractivity contribution is 0.132. The summed E-state index contributed by atoms with van der Waals surface area (Å²) in [6.07, 6.45) is 6.71. The second kappa shape index (κ2) is 8.66. The summed E-state index contributed by atoms with van der Waals surface area (Å²) in [6.45, 7) is 3.80. The lowest BCUT2D eigenvalue weighted by Gasteiger charge is -2.20. The largest absolute Gasteiger partial charge is 0.382 e. The Hall–Kier alpha value is -3.20. The van der Waals surface area contributed by atoms with Gasteiger partial charge in [-0.2, -0.15) is 0 Å². The molecule has 3 aromatic rings. The molecule has 30 heavy (non-hydrogen) atoms. The normalized spacial score (nSPS) is 13.6. The highest BCUT2D eigenvalue weighted by molar-refractivity contribution is 5.90. The van der Waals surface area contributed by atoms with Crippen molar-refractivity contribution in [2.75, 3.05) is 30.4 Å². The van der Waals surface area contributed by atoms with Crippen LogP contribution in [0.1, 0.15) is 24.4 Å². The summed E-state index contributed by atoms with van der Waals surface area (Å²) in [5, 5.41) is 0. The SMILES string of the molecule is Cc1cc2c(nc(CC3CC3)n2CCOCCN(C(N)=O)c2cccnc2)c(N)n1. The van der Waals surface area contributed by atoms with E-state index >= 15 is 0 Å². The van der Waals surface area contributed by atoms with Crippen molar-refractivity contribution in [3.8, 4) is 0 Å². The van der Waals surface area contributed by atoms with Crippen molar-refractivity contribution in [1.82, 2.24) is 19.5 Å². The van der Waals surface area contributed by atoms with Crippen LogP contribution in [0.15, 0.2) is 30.6 Å². The molecule has 0 saturated heterocycles. The molecule has 0 spiro atoms. The number of imidazole rings is 1. The number of ether oxygens (including phenoxy) is 1. The summed E-state index contributed by atoms with van der Waals surface area (Å²) < 4.78 is 8.01. The number of primary amides is 1. The van der Waals surface area contributed by atoms with Gasteiger partial charge in [0.05, 0.1) is 37.2 Å². The van der Waals surface area contributed by atoms with Crippen LogP contribution in [-0.4, -0.2) is 45.3 Å².